The largest absolute Gasteiger partial charge is 0.308 e. The van der Waals surface area contributed by atoms with Gasteiger partial charge in [0.15, 0.2) is 18.2 Å². The molecule has 1 N–H and O–H groups in total. The van der Waals surface area contributed by atoms with Crippen molar-refractivity contribution in [2.24, 2.45) is 0 Å². The first-order valence-corrected chi connectivity index (χ1v) is 8.05. The van der Waals surface area contributed by atoms with Gasteiger partial charge in [-0.05, 0) is 18.2 Å². The molecule has 2 heterocycles. The standard InChI is InChI=1S/C20H18N3O3/c21-12-17-8-5-11-23(20(17)25)15-26-14-22-10-4-9-18(13-22)19(24)16-6-2-1-3-7-16/h1-13,21H,14-15H2/q+1. The summed E-state index contributed by atoms with van der Waals surface area (Å²) in [6.45, 7) is 0.252. The Morgan fingerprint density at radius 2 is 1.85 bits per heavy atom. The second-order valence-corrected chi connectivity index (χ2v) is 5.65. The van der Waals surface area contributed by atoms with Crippen LogP contribution in [0.5, 0.6) is 0 Å². The zero-order chi connectivity index (χ0) is 18.4. The average Bonchev–Trinajstić information content (AvgIpc) is 2.69. The van der Waals surface area contributed by atoms with Crippen molar-refractivity contribution in [2.75, 3.05) is 0 Å². The smallest absolute Gasteiger partial charge is 0.261 e. The number of hydrogen-bond donors (Lipinski definition) is 1. The molecule has 0 spiro atoms. The number of carbonyl (C=O) groups is 1. The number of nitrogens with one attached hydrogen (secondary N) is 1. The summed E-state index contributed by atoms with van der Waals surface area (Å²) in [4.78, 5) is 24.5. The molecule has 26 heavy (non-hydrogen) atoms. The molecule has 0 radical (unpaired) electrons. The minimum atomic E-state index is -0.277. The van der Waals surface area contributed by atoms with Gasteiger partial charge in [0.05, 0.1) is 11.1 Å². The number of carbonyl (C=O) groups excluding carboxylic acids is 1. The predicted molar refractivity (Wildman–Crippen MR) is 96.2 cm³/mol. The highest BCUT2D eigenvalue weighted by atomic mass is 16.5. The van der Waals surface area contributed by atoms with Crippen molar-refractivity contribution in [3.63, 3.8) is 0 Å². The zero-order valence-corrected chi connectivity index (χ0v) is 14.0. The van der Waals surface area contributed by atoms with Crippen LogP contribution in [-0.4, -0.2) is 16.6 Å². The number of rotatable bonds is 7. The van der Waals surface area contributed by atoms with Gasteiger partial charge in [-0.1, -0.05) is 30.3 Å². The highest BCUT2D eigenvalue weighted by molar-refractivity contribution is 6.08. The lowest BCUT2D eigenvalue weighted by molar-refractivity contribution is -0.734. The highest BCUT2D eigenvalue weighted by Gasteiger charge is 2.12. The maximum absolute atomic E-state index is 12.5. The Bertz CT molecular complexity index is 981. The third kappa shape index (κ3) is 3.99. The van der Waals surface area contributed by atoms with E-state index in [0.29, 0.717) is 16.7 Å². The number of ether oxygens (including phenoxy) is 1. The summed E-state index contributed by atoms with van der Waals surface area (Å²) in [5.74, 6) is -0.0603. The zero-order valence-electron chi connectivity index (χ0n) is 14.0. The Kier molecular flexibility index (Phi) is 5.46. The van der Waals surface area contributed by atoms with Crippen LogP contribution in [0.25, 0.3) is 0 Å². The third-order valence-electron chi connectivity index (χ3n) is 3.83. The Morgan fingerprint density at radius 1 is 1.08 bits per heavy atom. The summed E-state index contributed by atoms with van der Waals surface area (Å²) in [6.07, 6.45) is 6.13. The molecule has 0 aliphatic rings. The normalized spacial score (nSPS) is 10.5. The van der Waals surface area contributed by atoms with E-state index in [-0.39, 0.29) is 24.8 Å². The molecule has 1 aromatic carbocycles. The van der Waals surface area contributed by atoms with Gasteiger partial charge in [-0.15, -0.1) is 0 Å². The van der Waals surface area contributed by atoms with Gasteiger partial charge in [0, 0.05) is 24.0 Å². The van der Waals surface area contributed by atoms with E-state index in [9.17, 15) is 9.59 Å². The summed E-state index contributed by atoms with van der Waals surface area (Å²) < 4.78 is 8.69. The maximum Gasteiger partial charge on any atom is 0.261 e. The summed E-state index contributed by atoms with van der Waals surface area (Å²) >= 11 is 0. The summed E-state index contributed by atoms with van der Waals surface area (Å²) in [7, 11) is 0. The van der Waals surface area contributed by atoms with Crippen LogP contribution in [-0.2, 0) is 18.2 Å². The fraction of sp³-hybridized carbons (Fsp3) is 0.100. The fourth-order valence-electron chi connectivity index (χ4n) is 2.50. The van der Waals surface area contributed by atoms with Crippen molar-refractivity contribution < 1.29 is 14.1 Å². The maximum atomic E-state index is 12.5. The van der Waals surface area contributed by atoms with Gasteiger partial charge < -0.3 is 10.1 Å². The fourth-order valence-corrected chi connectivity index (χ4v) is 2.50. The minimum absolute atomic E-state index is 0.0599. The quantitative estimate of drug-likeness (QED) is 0.403. The highest BCUT2D eigenvalue weighted by Crippen LogP contribution is 2.07. The molecule has 0 bridgehead atoms. The minimum Gasteiger partial charge on any atom is -0.308 e. The SMILES string of the molecule is N=Cc1cccn(COC[n+]2cccc(C(=O)c3ccccc3)c2)c1=O. The molecule has 0 saturated carbocycles. The lowest BCUT2D eigenvalue weighted by atomic mass is 10.1. The first kappa shape index (κ1) is 17.4. The van der Waals surface area contributed by atoms with Gasteiger partial charge in [-0.25, -0.2) is 0 Å². The van der Waals surface area contributed by atoms with Gasteiger partial charge in [0.25, 0.3) is 12.3 Å². The Hall–Kier alpha value is -3.38. The molecular weight excluding hydrogens is 330 g/mol. The number of nitrogens with zero attached hydrogens (tertiary/aromatic N) is 2. The van der Waals surface area contributed by atoms with Crippen LogP contribution in [0.2, 0.25) is 0 Å². The van der Waals surface area contributed by atoms with Gasteiger partial charge >= 0.3 is 0 Å². The molecule has 0 unspecified atom stereocenters. The van der Waals surface area contributed by atoms with Crippen LogP contribution >= 0.6 is 0 Å². The lowest BCUT2D eigenvalue weighted by Crippen LogP contribution is -2.36. The Labute approximate surface area is 150 Å². The van der Waals surface area contributed by atoms with Crippen LogP contribution in [0.3, 0.4) is 0 Å². The summed E-state index contributed by atoms with van der Waals surface area (Å²) in [5.41, 5.74) is 1.21. The van der Waals surface area contributed by atoms with Crippen molar-refractivity contribution in [3.05, 3.63) is 100 Å². The molecule has 6 nitrogen and oxygen atoms in total. The van der Waals surface area contributed by atoms with E-state index >= 15 is 0 Å². The van der Waals surface area contributed by atoms with Crippen LogP contribution < -0.4 is 10.1 Å². The molecule has 3 aromatic rings. The van der Waals surface area contributed by atoms with E-state index in [1.807, 2.05) is 18.2 Å². The first-order valence-electron chi connectivity index (χ1n) is 8.05. The Balaban J connectivity index is 1.67. The van der Waals surface area contributed by atoms with E-state index in [4.69, 9.17) is 10.1 Å². The molecular formula is C20H18N3O3+. The van der Waals surface area contributed by atoms with E-state index in [1.165, 1.54) is 4.57 Å². The predicted octanol–water partition coefficient (Wildman–Crippen LogP) is 2.00. The van der Waals surface area contributed by atoms with Crippen molar-refractivity contribution in [2.45, 2.75) is 13.5 Å². The van der Waals surface area contributed by atoms with Crippen molar-refractivity contribution in [3.8, 4) is 0 Å². The van der Waals surface area contributed by atoms with Crippen LogP contribution in [0.15, 0.2) is 78.0 Å². The van der Waals surface area contributed by atoms with Crippen LogP contribution in [0.1, 0.15) is 21.5 Å². The molecule has 0 aliphatic heterocycles. The van der Waals surface area contributed by atoms with Gasteiger partial charge in [-0.2, -0.15) is 4.57 Å². The van der Waals surface area contributed by atoms with E-state index in [0.717, 1.165) is 6.21 Å². The van der Waals surface area contributed by atoms with Gasteiger partial charge in [0.2, 0.25) is 0 Å². The van der Waals surface area contributed by atoms with E-state index in [2.05, 4.69) is 0 Å². The molecule has 6 heteroatoms. The molecule has 3 rings (SSSR count). The number of hydrogen-bond acceptors (Lipinski definition) is 4. The summed E-state index contributed by atoms with van der Waals surface area (Å²) in [6, 6.07) is 15.9. The topological polar surface area (TPSA) is 76.0 Å². The third-order valence-corrected chi connectivity index (χ3v) is 3.83. The van der Waals surface area contributed by atoms with Crippen molar-refractivity contribution in [1.82, 2.24) is 4.57 Å². The average molecular weight is 348 g/mol. The number of benzene rings is 1. The number of ketones is 1. The van der Waals surface area contributed by atoms with Crippen LogP contribution in [0.4, 0.5) is 0 Å². The second kappa shape index (κ2) is 8.13. The first-order chi connectivity index (χ1) is 12.7. The molecule has 2 aromatic heterocycles. The number of pyridine rings is 2. The Morgan fingerprint density at radius 3 is 2.62 bits per heavy atom. The summed E-state index contributed by atoms with van der Waals surface area (Å²) in [5, 5.41) is 7.21. The molecule has 0 amide bonds. The van der Waals surface area contributed by atoms with E-state index in [1.54, 1.807) is 59.6 Å². The molecule has 0 fully saturated rings. The van der Waals surface area contributed by atoms with Crippen molar-refractivity contribution >= 4 is 12.0 Å². The molecule has 0 aliphatic carbocycles. The lowest BCUT2D eigenvalue weighted by Gasteiger charge is -2.06. The molecule has 0 atom stereocenters. The monoisotopic (exact) mass is 348 g/mol. The van der Waals surface area contributed by atoms with E-state index < -0.39 is 0 Å². The van der Waals surface area contributed by atoms with Crippen molar-refractivity contribution in [1.29, 1.82) is 5.41 Å². The number of aromatic nitrogens is 2. The molecule has 130 valence electrons. The van der Waals surface area contributed by atoms with Gasteiger partial charge in [0.1, 0.15) is 6.73 Å². The van der Waals surface area contributed by atoms with Crippen LogP contribution in [0, 0.1) is 5.41 Å². The molecule has 0 saturated heterocycles. The van der Waals surface area contributed by atoms with Gasteiger partial charge in [-0.3, -0.25) is 14.2 Å². The second-order valence-electron chi connectivity index (χ2n) is 5.65.